The summed E-state index contributed by atoms with van der Waals surface area (Å²) in [5.41, 5.74) is 6.10. The molecule has 4 aromatic rings. The molecule has 0 amide bonds. The summed E-state index contributed by atoms with van der Waals surface area (Å²) in [4.78, 5) is 9.95. The van der Waals surface area contributed by atoms with Crippen LogP contribution in [0, 0.1) is 13.8 Å². The van der Waals surface area contributed by atoms with Gasteiger partial charge in [-0.2, -0.15) is 0 Å². The predicted octanol–water partition coefficient (Wildman–Crippen LogP) is 5.34. The van der Waals surface area contributed by atoms with Crippen molar-refractivity contribution in [2.75, 3.05) is 11.9 Å². The average molecular weight is 375 g/mol. The number of phenols is 1. The van der Waals surface area contributed by atoms with Crippen molar-refractivity contribution in [2.45, 2.75) is 20.3 Å². The summed E-state index contributed by atoms with van der Waals surface area (Å²) < 4.78 is 0. The highest BCUT2D eigenvalue weighted by Gasteiger charge is 2.14. The third-order valence-electron chi connectivity index (χ3n) is 4.68. The summed E-state index contributed by atoms with van der Waals surface area (Å²) in [5.74, 6) is 1.16. The molecule has 5 heteroatoms. The van der Waals surface area contributed by atoms with Gasteiger partial charge in [-0.1, -0.05) is 35.9 Å². The van der Waals surface area contributed by atoms with Gasteiger partial charge in [0.05, 0.1) is 5.39 Å². The number of thiophene rings is 1. The van der Waals surface area contributed by atoms with Gasteiger partial charge in [-0.25, -0.2) is 9.97 Å². The van der Waals surface area contributed by atoms with Gasteiger partial charge in [-0.05, 0) is 49.1 Å². The van der Waals surface area contributed by atoms with Crippen LogP contribution in [-0.4, -0.2) is 21.6 Å². The van der Waals surface area contributed by atoms with E-state index in [0.717, 1.165) is 29.0 Å². The fourth-order valence-electron chi connectivity index (χ4n) is 3.31. The van der Waals surface area contributed by atoms with Gasteiger partial charge in [0.25, 0.3) is 0 Å². The molecule has 0 spiro atoms. The molecule has 4 rings (SSSR count). The van der Waals surface area contributed by atoms with E-state index in [2.05, 4.69) is 52.7 Å². The van der Waals surface area contributed by atoms with Gasteiger partial charge >= 0.3 is 0 Å². The van der Waals surface area contributed by atoms with Gasteiger partial charge in [0.15, 0.2) is 0 Å². The van der Waals surface area contributed by atoms with Gasteiger partial charge < -0.3 is 10.4 Å². The number of anilines is 1. The predicted molar refractivity (Wildman–Crippen MR) is 113 cm³/mol. The largest absolute Gasteiger partial charge is 0.508 e. The van der Waals surface area contributed by atoms with Gasteiger partial charge in [0, 0.05) is 17.5 Å². The Morgan fingerprint density at radius 3 is 2.59 bits per heavy atom. The van der Waals surface area contributed by atoms with Crippen molar-refractivity contribution >= 4 is 27.4 Å². The maximum Gasteiger partial charge on any atom is 0.138 e. The van der Waals surface area contributed by atoms with Crippen LogP contribution >= 0.6 is 11.3 Å². The minimum absolute atomic E-state index is 0.292. The maximum absolute atomic E-state index is 9.40. The number of nitrogens with zero attached hydrogens (tertiary/aromatic N) is 2. The average Bonchev–Trinajstić information content (AvgIpc) is 3.08. The molecule has 2 aromatic carbocycles. The second-order valence-electron chi connectivity index (χ2n) is 6.71. The van der Waals surface area contributed by atoms with Crippen molar-refractivity contribution in [1.82, 2.24) is 9.97 Å². The number of hydrogen-bond donors (Lipinski definition) is 2. The van der Waals surface area contributed by atoms with E-state index in [1.165, 1.54) is 27.8 Å². The molecule has 0 saturated carbocycles. The lowest BCUT2D eigenvalue weighted by Crippen LogP contribution is -2.07. The Hall–Kier alpha value is -2.92. The number of aromatic hydroxyl groups is 1. The monoisotopic (exact) mass is 375 g/mol. The molecule has 0 aliphatic carbocycles. The van der Waals surface area contributed by atoms with Crippen LogP contribution in [0.25, 0.3) is 21.3 Å². The summed E-state index contributed by atoms with van der Waals surface area (Å²) in [5, 5.41) is 16.1. The molecule has 2 N–H and O–H groups in total. The van der Waals surface area contributed by atoms with E-state index in [1.54, 1.807) is 29.8 Å². The normalized spacial score (nSPS) is 11.0. The molecule has 2 heterocycles. The van der Waals surface area contributed by atoms with E-state index in [4.69, 9.17) is 0 Å². The zero-order chi connectivity index (χ0) is 18.8. The Morgan fingerprint density at radius 1 is 1.00 bits per heavy atom. The molecule has 4 nitrogen and oxygen atoms in total. The third-order valence-corrected chi connectivity index (χ3v) is 5.57. The van der Waals surface area contributed by atoms with E-state index >= 15 is 0 Å². The van der Waals surface area contributed by atoms with Crippen LogP contribution in [0.1, 0.15) is 16.7 Å². The van der Waals surface area contributed by atoms with Crippen LogP contribution in [0.15, 0.2) is 54.2 Å². The van der Waals surface area contributed by atoms with Gasteiger partial charge in [0.1, 0.15) is 22.7 Å². The van der Waals surface area contributed by atoms with Crippen LogP contribution < -0.4 is 5.32 Å². The first-order valence-electron chi connectivity index (χ1n) is 8.93. The van der Waals surface area contributed by atoms with Crippen molar-refractivity contribution in [3.63, 3.8) is 0 Å². The van der Waals surface area contributed by atoms with Crippen molar-refractivity contribution in [2.24, 2.45) is 0 Å². The number of hydrogen-bond acceptors (Lipinski definition) is 5. The second kappa shape index (κ2) is 7.37. The van der Waals surface area contributed by atoms with E-state index < -0.39 is 0 Å². The van der Waals surface area contributed by atoms with E-state index in [1.807, 2.05) is 12.1 Å². The standard InChI is InChI=1S/C22H21N3OS/c1-14-3-8-18(15(2)11-14)19-12-27-22-20(19)21(24-13-25-22)23-10-9-16-4-6-17(26)7-5-16/h3-8,11-13,26H,9-10H2,1-2H3,(H,23,24,25). The van der Waals surface area contributed by atoms with Gasteiger partial charge in [-0.15, -0.1) is 11.3 Å². The van der Waals surface area contributed by atoms with Crippen LogP contribution in [0.4, 0.5) is 5.82 Å². The molecule has 0 atom stereocenters. The molecular formula is C22H21N3OS. The molecule has 27 heavy (non-hydrogen) atoms. The molecule has 0 aliphatic rings. The second-order valence-corrected chi connectivity index (χ2v) is 7.57. The number of benzene rings is 2. The minimum atomic E-state index is 0.292. The molecule has 0 aliphatic heterocycles. The molecule has 2 aromatic heterocycles. The summed E-state index contributed by atoms with van der Waals surface area (Å²) >= 11 is 1.65. The van der Waals surface area contributed by atoms with E-state index in [9.17, 15) is 5.11 Å². The van der Waals surface area contributed by atoms with Gasteiger partial charge in [0.2, 0.25) is 0 Å². The molecule has 0 fully saturated rings. The van der Waals surface area contributed by atoms with Crippen LogP contribution in [0.3, 0.4) is 0 Å². The highest BCUT2D eigenvalue weighted by atomic mass is 32.1. The zero-order valence-corrected chi connectivity index (χ0v) is 16.2. The fraction of sp³-hybridized carbons (Fsp3) is 0.182. The summed E-state index contributed by atoms with van der Waals surface area (Å²) in [7, 11) is 0. The Morgan fingerprint density at radius 2 is 1.81 bits per heavy atom. The number of phenolic OH excluding ortho intramolecular Hbond substituents is 1. The first-order chi connectivity index (χ1) is 13.1. The molecule has 136 valence electrons. The third kappa shape index (κ3) is 3.64. The number of aryl methyl sites for hydroxylation is 2. The fourth-order valence-corrected chi connectivity index (χ4v) is 4.22. The van der Waals surface area contributed by atoms with Crippen molar-refractivity contribution < 1.29 is 5.11 Å². The number of nitrogens with one attached hydrogen (secondary N) is 1. The highest BCUT2D eigenvalue weighted by molar-refractivity contribution is 7.17. The molecule has 0 bridgehead atoms. The van der Waals surface area contributed by atoms with E-state index in [0.29, 0.717) is 5.75 Å². The number of fused-ring (bicyclic) bond motifs is 1. The van der Waals surface area contributed by atoms with E-state index in [-0.39, 0.29) is 0 Å². The lowest BCUT2D eigenvalue weighted by Gasteiger charge is -2.10. The molecule has 0 saturated heterocycles. The number of rotatable bonds is 5. The summed E-state index contributed by atoms with van der Waals surface area (Å²) in [6.45, 7) is 5.02. The van der Waals surface area contributed by atoms with Crippen LogP contribution in [0.5, 0.6) is 5.75 Å². The Labute approximate surface area is 162 Å². The summed E-state index contributed by atoms with van der Waals surface area (Å²) in [6.07, 6.45) is 2.47. The van der Waals surface area contributed by atoms with Crippen LogP contribution in [0.2, 0.25) is 0 Å². The lowest BCUT2D eigenvalue weighted by molar-refractivity contribution is 0.475. The van der Waals surface area contributed by atoms with Crippen molar-refractivity contribution in [3.8, 4) is 16.9 Å². The minimum Gasteiger partial charge on any atom is -0.508 e. The highest BCUT2D eigenvalue weighted by Crippen LogP contribution is 2.38. The number of aromatic nitrogens is 2. The first kappa shape index (κ1) is 17.5. The Kier molecular flexibility index (Phi) is 4.77. The zero-order valence-electron chi connectivity index (χ0n) is 15.4. The molecular weight excluding hydrogens is 354 g/mol. The van der Waals surface area contributed by atoms with Crippen molar-refractivity contribution in [1.29, 1.82) is 0 Å². The van der Waals surface area contributed by atoms with Crippen molar-refractivity contribution in [3.05, 3.63) is 70.9 Å². The Balaban J connectivity index is 1.63. The Bertz CT molecular complexity index is 1090. The van der Waals surface area contributed by atoms with Crippen LogP contribution in [-0.2, 0) is 6.42 Å². The van der Waals surface area contributed by atoms with Gasteiger partial charge in [-0.3, -0.25) is 0 Å². The maximum atomic E-state index is 9.40. The molecule has 0 unspecified atom stereocenters. The molecule has 0 radical (unpaired) electrons. The quantitative estimate of drug-likeness (QED) is 0.495. The SMILES string of the molecule is Cc1ccc(-c2csc3ncnc(NCCc4ccc(O)cc4)c23)c(C)c1. The first-order valence-corrected chi connectivity index (χ1v) is 9.81. The summed E-state index contributed by atoms with van der Waals surface area (Å²) in [6, 6.07) is 13.9. The smallest absolute Gasteiger partial charge is 0.138 e. The lowest BCUT2D eigenvalue weighted by atomic mass is 9.99. The topological polar surface area (TPSA) is 58.0 Å².